The molecule has 25 heavy (non-hydrogen) atoms. The molecule has 1 unspecified atom stereocenters. The molecule has 0 bridgehead atoms. The molecular weight excluding hydrogens is 314 g/mol. The highest BCUT2D eigenvalue weighted by molar-refractivity contribution is 5.80. The number of hydrogen-bond acceptors (Lipinski definition) is 3. The summed E-state index contributed by atoms with van der Waals surface area (Å²) in [6.45, 7) is 8.16. The molecule has 0 amide bonds. The third kappa shape index (κ3) is 4.39. The first-order valence-electron chi connectivity index (χ1n) is 8.79. The maximum Gasteiger partial charge on any atom is 0.193 e. The minimum Gasteiger partial charge on any atom is -0.370 e. The molecule has 1 N–H and O–H groups in total. The van der Waals surface area contributed by atoms with Crippen LogP contribution in [-0.2, 0) is 11.3 Å². The normalized spacial score (nSPS) is 18.4. The topological polar surface area (TPSA) is 54.7 Å². The van der Waals surface area contributed by atoms with Gasteiger partial charge in [-0.05, 0) is 30.5 Å². The first-order chi connectivity index (χ1) is 12.2. The van der Waals surface area contributed by atoms with Crippen LogP contribution in [0, 0.1) is 13.8 Å². The summed E-state index contributed by atoms with van der Waals surface area (Å²) in [5.41, 5.74) is 3.71. The Morgan fingerprint density at radius 3 is 2.92 bits per heavy atom. The van der Waals surface area contributed by atoms with Crippen LogP contribution in [0.25, 0.3) is 0 Å². The van der Waals surface area contributed by atoms with Crippen LogP contribution < -0.4 is 5.32 Å². The second-order valence-corrected chi connectivity index (χ2v) is 6.42. The second kappa shape index (κ2) is 8.16. The van der Waals surface area contributed by atoms with Crippen LogP contribution in [0.2, 0.25) is 0 Å². The van der Waals surface area contributed by atoms with Crippen molar-refractivity contribution in [1.29, 1.82) is 0 Å². The molecule has 6 nitrogen and oxygen atoms in total. The maximum absolute atomic E-state index is 6.01. The van der Waals surface area contributed by atoms with E-state index >= 15 is 0 Å². The van der Waals surface area contributed by atoms with E-state index in [1.165, 1.54) is 16.7 Å². The SMILES string of the molecule is CN=C(NCCn1cc(C)cn1)N1CCOC(c2ccccc2C)C1. The lowest BCUT2D eigenvalue weighted by Gasteiger charge is -2.35. The number of aliphatic imine (C=N–C) groups is 1. The maximum atomic E-state index is 6.01. The highest BCUT2D eigenvalue weighted by atomic mass is 16.5. The van der Waals surface area contributed by atoms with Crippen molar-refractivity contribution in [3.05, 3.63) is 53.3 Å². The highest BCUT2D eigenvalue weighted by Crippen LogP contribution is 2.24. The van der Waals surface area contributed by atoms with Crippen molar-refractivity contribution in [2.75, 3.05) is 33.3 Å². The Balaban J connectivity index is 1.58. The zero-order valence-electron chi connectivity index (χ0n) is 15.3. The van der Waals surface area contributed by atoms with Crippen molar-refractivity contribution in [2.24, 2.45) is 4.99 Å². The van der Waals surface area contributed by atoms with Gasteiger partial charge >= 0.3 is 0 Å². The molecule has 6 heteroatoms. The smallest absolute Gasteiger partial charge is 0.193 e. The van der Waals surface area contributed by atoms with E-state index in [2.05, 4.69) is 58.4 Å². The summed E-state index contributed by atoms with van der Waals surface area (Å²) < 4.78 is 7.96. The molecule has 1 fully saturated rings. The van der Waals surface area contributed by atoms with Crippen LogP contribution in [0.3, 0.4) is 0 Å². The van der Waals surface area contributed by atoms with Gasteiger partial charge < -0.3 is 15.0 Å². The third-order valence-corrected chi connectivity index (χ3v) is 4.50. The van der Waals surface area contributed by atoms with E-state index in [0.29, 0.717) is 6.61 Å². The molecule has 1 saturated heterocycles. The molecule has 134 valence electrons. The van der Waals surface area contributed by atoms with Crippen LogP contribution in [0.15, 0.2) is 41.7 Å². The van der Waals surface area contributed by atoms with Gasteiger partial charge in [-0.3, -0.25) is 9.67 Å². The molecule has 1 aromatic heterocycles. The summed E-state index contributed by atoms with van der Waals surface area (Å²) >= 11 is 0. The molecule has 1 aliphatic rings. The van der Waals surface area contributed by atoms with Crippen molar-refractivity contribution >= 4 is 5.96 Å². The molecule has 2 heterocycles. The van der Waals surface area contributed by atoms with Gasteiger partial charge in [-0.25, -0.2) is 0 Å². The van der Waals surface area contributed by atoms with Crippen molar-refractivity contribution in [3.8, 4) is 0 Å². The summed E-state index contributed by atoms with van der Waals surface area (Å²) in [6.07, 6.45) is 4.01. The van der Waals surface area contributed by atoms with Crippen molar-refractivity contribution in [3.63, 3.8) is 0 Å². The summed E-state index contributed by atoms with van der Waals surface area (Å²) in [5.74, 6) is 0.922. The fourth-order valence-electron chi connectivity index (χ4n) is 3.18. The van der Waals surface area contributed by atoms with E-state index in [9.17, 15) is 0 Å². The minimum absolute atomic E-state index is 0.0854. The largest absolute Gasteiger partial charge is 0.370 e. The number of aromatic nitrogens is 2. The average Bonchev–Trinajstić information content (AvgIpc) is 3.04. The molecule has 0 radical (unpaired) electrons. The molecule has 1 aliphatic heterocycles. The van der Waals surface area contributed by atoms with Crippen LogP contribution >= 0.6 is 0 Å². The molecule has 2 aromatic rings. The van der Waals surface area contributed by atoms with Gasteiger partial charge in [0.25, 0.3) is 0 Å². The van der Waals surface area contributed by atoms with E-state index in [1.54, 1.807) is 0 Å². The average molecular weight is 341 g/mol. The van der Waals surface area contributed by atoms with Crippen molar-refractivity contribution < 1.29 is 4.74 Å². The number of guanidine groups is 1. The summed E-state index contributed by atoms with van der Waals surface area (Å²) in [4.78, 5) is 6.72. The van der Waals surface area contributed by atoms with E-state index in [4.69, 9.17) is 4.74 Å². The third-order valence-electron chi connectivity index (χ3n) is 4.50. The summed E-state index contributed by atoms with van der Waals surface area (Å²) in [7, 11) is 1.83. The predicted molar refractivity (Wildman–Crippen MR) is 99.8 cm³/mol. The van der Waals surface area contributed by atoms with Gasteiger partial charge in [0, 0.05) is 26.3 Å². The predicted octanol–water partition coefficient (Wildman–Crippen LogP) is 2.15. The Bertz CT molecular complexity index is 724. The van der Waals surface area contributed by atoms with E-state index in [0.717, 1.165) is 32.1 Å². The second-order valence-electron chi connectivity index (χ2n) is 6.42. The van der Waals surface area contributed by atoms with Gasteiger partial charge in [0.2, 0.25) is 0 Å². The fourth-order valence-corrected chi connectivity index (χ4v) is 3.18. The van der Waals surface area contributed by atoms with Gasteiger partial charge in [-0.15, -0.1) is 0 Å². The molecule has 0 spiro atoms. The lowest BCUT2D eigenvalue weighted by atomic mass is 10.0. The van der Waals surface area contributed by atoms with Gasteiger partial charge in [-0.2, -0.15) is 5.10 Å². The highest BCUT2D eigenvalue weighted by Gasteiger charge is 2.24. The number of ether oxygens (including phenoxy) is 1. The summed E-state index contributed by atoms with van der Waals surface area (Å²) in [6, 6.07) is 8.43. The molecule has 0 aliphatic carbocycles. The monoisotopic (exact) mass is 341 g/mol. The molecule has 1 aromatic carbocycles. The van der Waals surface area contributed by atoms with Gasteiger partial charge in [0.05, 0.1) is 25.9 Å². The fraction of sp³-hybridized carbons (Fsp3) is 0.474. The van der Waals surface area contributed by atoms with Crippen LogP contribution in [0.4, 0.5) is 0 Å². The van der Waals surface area contributed by atoms with Gasteiger partial charge in [-0.1, -0.05) is 24.3 Å². The van der Waals surface area contributed by atoms with Crippen molar-refractivity contribution in [2.45, 2.75) is 26.5 Å². The van der Waals surface area contributed by atoms with E-state index in [1.807, 2.05) is 24.1 Å². The molecule has 1 atom stereocenters. The first-order valence-corrected chi connectivity index (χ1v) is 8.79. The van der Waals surface area contributed by atoms with Crippen molar-refractivity contribution in [1.82, 2.24) is 20.0 Å². The Labute approximate surface area is 149 Å². The van der Waals surface area contributed by atoms with Crippen LogP contribution in [-0.4, -0.2) is 53.9 Å². The number of aryl methyl sites for hydroxylation is 2. The number of nitrogens with zero attached hydrogens (tertiary/aromatic N) is 4. The van der Waals surface area contributed by atoms with E-state index < -0.39 is 0 Å². The molecular formula is C19H27N5O. The number of morpholine rings is 1. The quantitative estimate of drug-likeness (QED) is 0.684. The van der Waals surface area contributed by atoms with Crippen LogP contribution in [0.1, 0.15) is 22.8 Å². The Morgan fingerprint density at radius 1 is 1.36 bits per heavy atom. The first kappa shape index (κ1) is 17.5. The number of hydrogen-bond donors (Lipinski definition) is 1. The lowest BCUT2D eigenvalue weighted by molar-refractivity contribution is -0.00831. The molecule has 3 rings (SSSR count). The Kier molecular flexibility index (Phi) is 5.71. The zero-order valence-corrected chi connectivity index (χ0v) is 15.3. The zero-order chi connectivity index (χ0) is 17.6. The Morgan fingerprint density at radius 2 is 2.20 bits per heavy atom. The summed E-state index contributed by atoms with van der Waals surface area (Å²) in [5, 5.41) is 7.76. The number of nitrogens with one attached hydrogen (secondary N) is 1. The van der Waals surface area contributed by atoms with E-state index in [-0.39, 0.29) is 6.10 Å². The lowest BCUT2D eigenvalue weighted by Crippen LogP contribution is -2.48. The standard InChI is InChI=1S/C19H27N5O/c1-15-12-22-24(13-15)9-8-21-19(20-3)23-10-11-25-18(14-23)17-7-5-4-6-16(17)2/h4-7,12-13,18H,8-11,14H2,1-3H3,(H,20,21). The molecule has 0 saturated carbocycles. The van der Waals surface area contributed by atoms with Crippen LogP contribution in [0.5, 0.6) is 0 Å². The number of benzene rings is 1. The minimum atomic E-state index is 0.0854. The van der Waals surface area contributed by atoms with Gasteiger partial charge in [0.15, 0.2) is 5.96 Å². The van der Waals surface area contributed by atoms with Gasteiger partial charge in [0.1, 0.15) is 6.10 Å². The number of rotatable bonds is 4. The Hall–Kier alpha value is -2.34.